The molecule has 0 bridgehead atoms. The van der Waals surface area contributed by atoms with Crippen LogP contribution in [0.2, 0.25) is 0 Å². The van der Waals surface area contributed by atoms with Crippen molar-refractivity contribution in [3.8, 4) is 0 Å². The third-order valence-electron chi connectivity index (χ3n) is 3.39. The molecule has 2 rings (SSSR count). The third-order valence-corrected chi connectivity index (χ3v) is 3.88. The Hall–Kier alpha value is -1.93. The van der Waals surface area contributed by atoms with E-state index in [1.165, 1.54) is 0 Å². The fourth-order valence-electron chi connectivity index (χ4n) is 2.33. The molecule has 23 heavy (non-hydrogen) atoms. The van der Waals surface area contributed by atoms with Crippen molar-refractivity contribution < 1.29 is 24.2 Å². The Balaban J connectivity index is 1.82. The number of carboxylic acid groups (broad SMARTS) is 1. The molecule has 1 fully saturated rings. The van der Waals surface area contributed by atoms with E-state index in [0.29, 0.717) is 6.54 Å². The van der Waals surface area contributed by atoms with E-state index < -0.39 is 18.5 Å². The summed E-state index contributed by atoms with van der Waals surface area (Å²) in [5.41, 5.74) is 0.754. The molecule has 1 aliphatic heterocycles. The van der Waals surface area contributed by atoms with Crippen LogP contribution < -0.4 is 10.2 Å². The number of carbonyl (C=O) groups is 3. The average Bonchev–Trinajstić information content (AvgIpc) is 2.88. The molecule has 124 valence electrons. The molecule has 1 heterocycles. The molecule has 8 heteroatoms. The summed E-state index contributed by atoms with van der Waals surface area (Å²) in [5.74, 6) is -1.79. The lowest BCUT2D eigenvalue weighted by molar-refractivity contribution is -0.142. The Morgan fingerprint density at radius 3 is 2.91 bits per heavy atom. The van der Waals surface area contributed by atoms with Gasteiger partial charge in [0.1, 0.15) is 6.61 Å². The lowest BCUT2D eigenvalue weighted by Crippen LogP contribution is -2.35. The van der Waals surface area contributed by atoms with E-state index in [4.69, 9.17) is 9.84 Å². The number of ether oxygens (including phenoxy) is 1. The molecule has 1 aromatic carbocycles. The first-order valence-electron chi connectivity index (χ1n) is 7.10. The van der Waals surface area contributed by atoms with Crippen LogP contribution in [0.4, 0.5) is 5.69 Å². The number of benzene rings is 1. The van der Waals surface area contributed by atoms with Crippen LogP contribution >= 0.6 is 15.9 Å². The van der Waals surface area contributed by atoms with E-state index in [1.807, 2.05) is 24.3 Å². The molecule has 1 saturated heterocycles. The Bertz CT molecular complexity index is 607. The zero-order valence-corrected chi connectivity index (χ0v) is 13.9. The predicted molar refractivity (Wildman–Crippen MR) is 86.1 cm³/mol. The van der Waals surface area contributed by atoms with Crippen LogP contribution in [0.1, 0.15) is 6.42 Å². The summed E-state index contributed by atoms with van der Waals surface area (Å²) < 4.78 is 5.70. The normalized spacial score (nSPS) is 17.3. The van der Waals surface area contributed by atoms with Gasteiger partial charge in [-0.1, -0.05) is 22.0 Å². The van der Waals surface area contributed by atoms with Gasteiger partial charge in [-0.05, 0) is 18.2 Å². The summed E-state index contributed by atoms with van der Waals surface area (Å²) in [7, 11) is 0. The fraction of sp³-hybridized carbons (Fsp3) is 0.400. The Morgan fingerprint density at radius 2 is 2.22 bits per heavy atom. The van der Waals surface area contributed by atoms with Gasteiger partial charge >= 0.3 is 5.97 Å². The molecule has 0 saturated carbocycles. The monoisotopic (exact) mass is 384 g/mol. The van der Waals surface area contributed by atoms with Crippen molar-refractivity contribution in [2.45, 2.75) is 6.42 Å². The second kappa shape index (κ2) is 8.07. The first-order chi connectivity index (χ1) is 11.0. The van der Waals surface area contributed by atoms with Crippen LogP contribution in [-0.4, -0.2) is 49.2 Å². The first-order valence-corrected chi connectivity index (χ1v) is 7.90. The molecule has 2 N–H and O–H groups in total. The number of rotatable bonds is 7. The number of anilines is 1. The standard InChI is InChI=1S/C15H17BrN2O5/c16-11-2-1-3-12(7-11)18-8-10(6-13(18)19)15(22)17-4-5-23-9-14(20)21/h1-3,7,10H,4-6,8-9H2,(H,17,22)(H,20,21). The quantitative estimate of drug-likeness (QED) is 0.684. The number of carbonyl (C=O) groups excluding carboxylic acids is 2. The third kappa shape index (κ3) is 5.04. The molecular formula is C15H17BrN2O5. The number of hydrogen-bond acceptors (Lipinski definition) is 4. The molecule has 0 radical (unpaired) electrons. The molecule has 1 atom stereocenters. The van der Waals surface area contributed by atoms with Crippen molar-refractivity contribution in [1.29, 1.82) is 0 Å². The van der Waals surface area contributed by atoms with Crippen LogP contribution in [-0.2, 0) is 19.1 Å². The summed E-state index contributed by atoms with van der Waals surface area (Å²) in [6, 6.07) is 7.35. The summed E-state index contributed by atoms with van der Waals surface area (Å²) >= 11 is 3.36. The number of aliphatic carboxylic acids is 1. The number of nitrogens with one attached hydrogen (secondary N) is 1. The predicted octanol–water partition coefficient (Wildman–Crippen LogP) is 1.02. The number of amides is 2. The second-order valence-corrected chi connectivity index (χ2v) is 6.04. The molecule has 1 aliphatic rings. The molecule has 0 spiro atoms. The van der Waals surface area contributed by atoms with Gasteiger partial charge in [0, 0.05) is 29.7 Å². The number of hydrogen-bond donors (Lipinski definition) is 2. The van der Waals surface area contributed by atoms with Gasteiger partial charge in [-0.3, -0.25) is 9.59 Å². The van der Waals surface area contributed by atoms with Crippen molar-refractivity contribution in [3.63, 3.8) is 0 Å². The highest BCUT2D eigenvalue weighted by atomic mass is 79.9. The minimum absolute atomic E-state index is 0.0922. The van der Waals surface area contributed by atoms with Gasteiger partial charge in [-0.25, -0.2) is 4.79 Å². The van der Waals surface area contributed by atoms with Gasteiger partial charge in [0.2, 0.25) is 11.8 Å². The molecule has 1 unspecified atom stereocenters. The van der Waals surface area contributed by atoms with Crippen LogP contribution in [0, 0.1) is 5.92 Å². The zero-order chi connectivity index (χ0) is 16.8. The highest BCUT2D eigenvalue weighted by Gasteiger charge is 2.34. The zero-order valence-electron chi connectivity index (χ0n) is 12.3. The lowest BCUT2D eigenvalue weighted by atomic mass is 10.1. The van der Waals surface area contributed by atoms with Crippen molar-refractivity contribution in [2.24, 2.45) is 5.92 Å². The second-order valence-electron chi connectivity index (χ2n) is 5.12. The summed E-state index contributed by atoms with van der Waals surface area (Å²) in [6.07, 6.45) is 0.161. The summed E-state index contributed by atoms with van der Waals surface area (Å²) in [6.45, 7) is 0.271. The van der Waals surface area contributed by atoms with Gasteiger partial charge in [-0.15, -0.1) is 0 Å². The highest BCUT2D eigenvalue weighted by Crippen LogP contribution is 2.27. The molecule has 1 aromatic rings. The Kier molecular flexibility index (Phi) is 6.12. The van der Waals surface area contributed by atoms with E-state index in [-0.39, 0.29) is 31.4 Å². The van der Waals surface area contributed by atoms with Gasteiger partial charge in [0.15, 0.2) is 0 Å². The summed E-state index contributed by atoms with van der Waals surface area (Å²) in [5, 5.41) is 11.1. The van der Waals surface area contributed by atoms with Crippen molar-refractivity contribution in [2.75, 3.05) is 31.2 Å². The molecule has 7 nitrogen and oxygen atoms in total. The first kappa shape index (κ1) is 17.4. The minimum atomic E-state index is -1.05. The SMILES string of the molecule is O=C(O)COCCNC(=O)C1CC(=O)N(c2cccc(Br)c2)C1. The minimum Gasteiger partial charge on any atom is -0.480 e. The molecule has 0 aliphatic carbocycles. The maximum Gasteiger partial charge on any atom is 0.329 e. The topological polar surface area (TPSA) is 95.9 Å². The molecule has 0 aromatic heterocycles. The lowest BCUT2D eigenvalue weighted by Gasteiger charge is -2.17. The number of halogens is 1. The van der Waals surface area contributed by atoms with E-state index in [2.05, 4.69) is 21.2 Å². The number of nitrogens with zero attached hydrogens (tertiary/aromatic N) is 1. The maximum absolute atomic E-state index is 12.1. The Morgan fingerprint density at radius 1 is 1.43 bits per heavy atom. The fourth-order valence-corrected chi connectivity index (χ4v) is 2.71. The van der Waals surface area contributed by atoms with Crippen molar-refractivity contribution in [1.82, 2.24) is 5.32 Å². The van der Waals surface area contributed by atoms with Crippen LogP contribution in [0.15, 0.2) is 28.7 Å². The smallest absolute Gasteiger partial charge is 0.329 e. The molecular weight excluding hydrogens is 368 g/mol. The van der Waals surface area contributed by atoms with Gasteiger partial charge in [0.25, 0.3) is 0 Å². The van der Waals surface area contributed by atoms with Gasteiger partial charge < -0.3 is 20.1 Å². The van der Waals surface area contributed by atoms with E-state index in [1.54, 1.807) is 4.90 Å². The van der Waals surface area contributed by atoms with Crippen LogP contribution in [0.3, 0.4) is 0 Å². The Labute approximate surface area is 141 Å². The van der Waals surface area contributed by atoms with Gasteiger partial charge in [0.05, 0.1) is 12.5 Å². The van der Waals surface area contributed by atoms with E-state index >= 15 is 0 Å². The highest BCUT2D eigenvalue weighted by molar-refractivity contribution is 9.10. The number of carboxylic acids is 1. The largest absolute Gasteiger partial charge is 0.480 e. The van der Waals surface area contributed by atoms with Crippen LogP contribution in [0.5, 0.6) is 0 Å². The summed E-state index contributed by atoms with van der Waals surface area (Å²) in [4.78, 5) is 36.0. The van der Waals surface area contributed by atoms with Crippen LogP contribution in [0.25, 0.3) is 0 Å². The van der Waals surface area contributed by atoms with E-state index in [0.717, 1.165) is 10.2 Å². The molecule has 2 amide bonds. The van der Waals surface area contributed by atoms with E-state index in [9.17, 15) is 14.4 Å². The van der Waals surface area contributed by atoms with Gasteiger partial charge in [-0.2, -0.15) is 0 Å². The van der Waals surface area contributed by atoms with Crippen molar-refractivity contribution >= 4 is 39.4 Å². The average molecular weight is 385 g/mol. The van der Waals surface area contributed by atoms with Crippen molar-refractivity contribution in [3.05, 3.63) is 28.7 Å². The maximum atomic E-state index is 12.1.